The predicted molar refractivity (Wildman–Crippen MR) is 89.0 cm³/mol. The summed E-state index contributed by atoms with van der Waals surface area (Å²) in [5.74, 6) is -0.357. The summed E-state index contributed by atoms with van der Waals surface area (Å²) in [6.45, 7) is 0.341. The number of hydrogen-bond acceptors (Lipinski definition) is 4. The first-order chi connectivity index (χ1) is 11.9. The molecule has 1 saturated heterocycles. The van der Waals surface area contributed by atoms with Crippen molar-refractivity contribution in [3.05, 3.63) is 59.9 Å². The zero-order chi connectivity index (χ0) is 18.0. The lowest BCUT2D eigenvalue weighted by Gasteiger charge is -2.34. The first-order valence-electron chi connectivity index (χ1n) is 7.62. The Kier molecular flexibility index (Phi) is 4.73. The molecule has 1 heterocycles. The number of nitrogens with zero attached hydrogens (tertiary/aromatic N) is 1. The molecule has 1 N–H and O–H groups in total. The van der Waals surface area contributed by atoms with Crippen LogP contribution in [0.15, 0.2) is 53.4 Å². The first kappa shape index (κ1) is 17.4. The topological polar surface area (TPSA) is 75.7 Å². The van der Waals surface area contributed by atoms with Crippen molar-refractivity contribution in [2.24, 2.45) is 0 Å². The second-order valence-electron chi connectivity index (χ2n) is 5.54. The molecule has 0 aliphatic carbocycles. The van der Waals surface area contributed by atoms with Crippen LogP contribution >= 0.6 is 0 Å². The molecule has 1 amide bonds. The van der Waals surface area contributed by atoms with Gasteiger partial charge in [0.2, 0.25) is 15.9 Å². The molecule has 0 bridgehead atoms. The number of amides is 1. The van der Waals surface area contributed by atoms with E-state index in [1.807, 2.05) is 0 Å². The largest absolute Gasteiger partial charge is 0.497 e. The molecule has 0 spiro atoms. The number of hydrogen-bond donors (Lipinski definition) is 1. The number of methoxy groups -OCH3 is 1. The molecule has 25 heavy (non-hydrogen) atoms. The molecular weight excluding hydrogens is 347 g/mol. The van der Waals surface area contributed by atoms with Gasteiger partial charge in [-0.2, -0.15) is 4.31 Å². The van der Waals surface area contributed by atoms with Crippen molar-refractivity contribution in [3.63, 3.8) is 0 Å². The quantitative estimate of drug-likeness (QED) is 0.896. The number of ether oxygens (including phenoxy) is 1. The zero-order valence-electron chi connectivity index (χ0n) is 13.5. The molecule has 0 radical (unpaired) electrons. The van der Waals surface area contributed by atoms with Crippen molar-refractivity contribution in [2.45, 2.75) is 10.9 Å². The summed E-state index contributed by atoms with van der Waals surface area (Å²) in [6.07, 6.45) is 0. The molecule has 3 rings (SSSR count). The van der Waals surface area contributed by atoms with Crippen LogP contribution < -0.4 is 10.1 Å². The fourth-order valence-corrected chi connectivity index (χ4v) is 4.33. The van der Waals surface area contributed by atoms with Crippen molar-refractivity contribution in [2.75, 3.05) is 20.2 Å². The summed E-state index contributed by atoms with van der Waals surface area (Å²) >= 11 is 0. The van der Waals surface area contributed by atoms with E-state index in [9.17, 15) is 17.6 Å². The minimum atomic E-state index is -3.90. The summed E-state index contributed by atoms with van der Waals surface area (Å²) in [5, 5.41) is 2.66. The third kappa shape index (κ3) is 3.35. The summed E-state index contributed by atoms with van der Waals surface area (Å²) in [4.78, 5) is 12.4. The van der Waals surface area contributed by atoms with Gasteiger partial charge in [0.15, 0.2) is 0 Å². The van der Waals surface area contributed by atoms with E-state index in [1.165, 1.54) is 43.5 Å². The fraction of sp³-hybridized carbons (Fsp3) is 0.235. The molecule has 1 unspecified atom stereocenters. The second kappa shape index (κ2) is 6.81. The normalized spacial score (nSPS) is 18.6. The Balaban J connectivity index is 2.01. The van der Waals surface area contributed by atoms with Crippen LogP contribution in [0.25, 0.3) is 0 Å². The van der Waals surface area contributed by atoms with Crippen LogP contribution in [-0.4, -0.2) is 38.8 Å². The van der Waals surface area contributed by atoms with Crippen molar-refractivity contribution in [3.8, 4) is 5.75 Å². The van der Waals surface area contributed by atoms with E-state index in [0.29, 0.717) is 11.3 Å². The molecule has 2 aromatic carbocycles. The van der Waals surface area contributed by atoms with Crippen LogP contribution in [0, 0.1) is 5.82 Å². The SMILES string of the molecule is COc1ccc(S(=O)(=O)N2CCNC(=O)C2c2ccc(F)cc2)cc1. The fourth-order valence-electron chi connectivity index (χ4n) is 2.75. The van der Waals surface area contributed by atoms with Crippen LogP contribution in [0.1, 0.15) is 11.6 Å². The highest BCUT2D eigenvalue weighted by molar-refractivity contribution is 7.89. The maximum atomic E-state index is 13.2. The molecule has 0 saturated carbocycles. The van der Waals surface area contributed by atoms with Gasteiger partial charge in [0.05, 0.1) is 12.0 Å². The highest BCUT2D eigenvalue weighted by Gasteiger charge is 2.39. The van der Waals surface area contributed by atoms with Gasteiger partial charge in [-0.15, -0.1) is 0 Å². The first-order valence-corrected chi connectivity index (χ1v) is 9.06. The molecule has 1 atom stereocenters. The number of rotatable bonds is 4. The molecule has 8 heteroatoms. The highest BCUT2D eigenvalue weighted by atomic mass is 32.2. The van der Waals surface area contributed by atoms with E-state index in [1.54, 1.807) is 12.1 Å². The molecule has 1 aliphatic rings. The van der Waals surface area contributed by atoms with Crippen LogP contribution in [0.4, 0.5) is 4.39 Å². The Morgan fingerprint density at radius 2 is 1.76 bits per heavy atom. The Labute approximate surface area is 145 Å². The van der Waals surface area contributed by atoms with Crippen LogP contribution in [0.2, 0.25) is 0 Å². The average molecular weight is 364 g/mol. The molecule has 6 nitrogen and oxygen atoms in total. The highest BCUT2D eigenvalue weighted by Crippen LogP contribution is 2.30. The lowest BCUT2D eigenvalue weighted by atomic mass is 10.0. The number of sulfonamides is 1. The summed E-state index contributed by atoms with van der Waals surface area (Å²) in [7, 11) is -2.42. The maximum absolute atomic E-state index is 13.2. The summed E-state index contributed by atoms with van der Waals surface area (Å²) < 4.78 is 45.4. The number of halogens is 1. The van der Waals surface area contributed by atoms with E-state index < -0.39 is 27.8 Å². The molecule has 0 aromatic heterocycles. The van der Waals surface area contributed by atoms with E-state index in [-0.39, 0.29) is 18.0 Å². The molecule has 1 fully saturated rings. The molecule has 132 valence electrons. The van der Waals surface area contributed by atoms with E-state index >= 15 is 0 Å². The number of benzene rings is 2. The number of nitrogens with one attached hydrogen (secondary N) is 1. The minimum Gasteiger partial charge on any atom is -0.497 e. The summed E-state index contributed by atoms with van der Waals surface area (Å²) in [6, 6.07) is 10.2. The predicted octanol–water partition coefficient (Wildman–Crippen LogP) is 1.70. The van der Waals surface area contributed by atoms with Crippen molar-refractivity contribution >= 4 is 15.9 Å². The summed E-state index contributed by atoms with van der Waals surface area (Å²) in [5.41, 5.74) is 0.413. The van der Waals surface area contributed by atoms with Gasteiger partial charge in [-0.05, 0) is 42.0 Å². The van der Waals surface area contributed by atoms with E-state index in [4.69, 9.17) is 4.74 Å². The lowest BCUT2D eigenvalue weighted by Crippen LogP contribution is -2.52. The second-order valence-corrected chi connectivity index (χ2v) is 7.43. The van der Waals surface area contributed by atoms with Gasteiger partial charge in [0.1, 0.15) is 17.6 Å². The monoisotopic (exact) mass is 364 g/mol. The van der Waals surface area contributed by atoms with Gasteiger partial charge in [-0.3, -0.25) is 4.79 Å². The standard InChI is InChI=1S/C17H17FN2O4S/c1-24-14-6-8-15(9-7-14)25(22,23)20-11-10-19-17(21)16(20)12-2-4-13(18)5-3-12/h2-9,16H,10-11H2,1H3,(H,19,21). The van der Waals surface area contributed by atoms with Gasteiger partial charge in [0.25, 0.3) is 0 Å². The van der Waals surface area contributed by atoms with Gasteiger partial charge in [-0.25, -0.2) is 12.8 Å². The average Bonchev–Trinajstić information content (AvgIpc) is 2.62. The number of piperazine rings is 1. The third-order valence-electron chi connectivity index (χ3n) is 4.02. The van der Waals surface area contributed by atoms with E-state index in [0.717, 1.165) is 4.31 Å². The maximum Gasteiger partial charge on any atom is 0.244 e. The Bertz CT molecular complexity index is 867. The third-order valence-corrected chi connectivity index (χ3v) is 5.90. The van der Waals surface area contributed by atoms with Crippen molar-refractivity contribution < 1.29 is 22.3 Å². The zero-order valence-corrected chi connectivity index (χ0v) is 14.3. The van der Waals surface area contributed by atoms with Crippen LogP contribution in [0.3, 0.4) is 0 Å². The van der Waals surface area contributed by atoms with Crippen molar-refractivity contribution in [1.82, 2.24) is 9.62 Å². The Morgan fingerprint density at radius 3 is 2.36 bits per heavy atom. The van der Waals surface area contributed by atoms with Crippen LogP contribution in [-0.2, 0) is 14.8 Å². The number of carbonyl (C=O) groups excluding carboxylic acids is 1. The molecular formula is C17H17FN2O4S. The number of carbonyl (C=O) groups is 1. The van der Waals surface area contributed by atoms with E-state index in [2.05, 4.69) is 5.32 Å². The van der Waals surface area contributed by atoms with Crippen LogP contribution in [0.5, 0.6) is 5.75 Å². The Hall–Kier alpha value is -2.45. The van der Waals surface area contributed by atoms with Gasteiger partial charge in [-0.1, -0.05) is 12.1 Å². The molecule has 2 aromatic rings. The minimum absolute atomic E-state index is 0.0649. The smallest absolute Gasteiger partial charge is 0.244 e. The Morgan fingerprint density at radius 1 is 1.12 bits per heavy atom. The van der Waals surface area contributed by atoms with Gasteiger partial charge in [0, 0.05) is 13.1 Å². The van der Waals surface area contributed by atoms with Gasteiger partial charge < -0.3 is 10.1 Å². The van der Waals surface area contributed by atoms with Crippen molar-refractivity contribution in [1.29, 1.82) is 0 Å². The lowest BCUT2D eigenvalue weighted by molar-refractivity contribution is -0.126. The molecule has 1 aliphatic heterocycles. The van der Waals surface area contributed by atoms with Gasteiger partial charge >= 0.3 is 0 Å².